The monoisotopic (exact) mass is 487 g/mol. The van der Waals surface area contributed by atoms with Gasteiger partial charge in [0.05, 0.1) is 17.7 Å². The van der Waals surface area contributed by atoms with Crippen LogP contribution < -0.4 is 10.4 Å². The second-order valence-corrected chi connectivity index (χ2v) is 8.75. The summed E-state index contributed by atoms with van der Waals surface area (Å²) in [5, 5.41) is 1.45. The maximum absolute atomic E-state index is 13.4. The van der Waals surface area contributed by atoms with Crippen LogP contribution in [0.3, 0.4) is 0 Å². The summed E-state index contributed by atoms with van der Waals surface area (Å²) < 4.78 is 0. The molecule has 1 amide bonds. The van der Waals surface area contributed by atoms with Crippen molar-refractivity contribution in [3.63, 3.8) is 0 Å². The minimum atomic E-state index is -0.630. The van der Waals surface area contributed by atoms with Crippen LogP contribution in [0.2, 0.25) is 0 Å². The smallest absolute Gasteiger partial charge is 0.272 e. The van der Waals surface area contributed by atoms with Gasteiger partial charge in [0, 0.05) is 12.1 Å². The molecule has 182 valence electrons. The van der Waals surface area contributed by atoms with Crippen molar-refractivity contribution < 1.29 is 14.4 Å². The van der Waals surface area contributed by atoms with Crippen LogP contribution in [0.5, 0.6) is 0 Å². The number of hydrazine groups is 1. The van der Waals surface area contributed by atoms with Gasteiger partial charge in [-0.3, -0.25) is 19.4 Å². The van der Waals surface area contributed by atoms with Crippen LogP contribution in [-0.4, -0.2) is 29.4 Å². The van der Waals surface area contributed by atoms with Gasteiger partial charge >= 0.3 is 0 Å². The van der Waals surface area contributed by atoms with E-state index in [0.29, 0.717) is 22.5 Å². The molecule has 37 heavy (non-hydrogen) atoms. The minimum absolute atomic E-state index is 0.00857. The fraction of sp³-hybridized carbons (Fsp3) is 0.0968. The summed E-state index contributed by atoms with van der Waals surface area (Å²) in [6.45, 7) is 0. The molecular weight excluding hydrogens is 462 g/mol. The molecule has 0 bridgehead atoms. The molecule has 1 atom stereocenters. The molecule has 3 aromatic carbocycles. The lowest BCUT2D eigenvalue weighted by molar-refractivity contribution is -0.115. The van der Waals surface area contributed by atoms with Crippen molar-refractivity contribution >= 4 is 41.0 Å². The zero-order valence-electron chi connectivity index (χ0n) is 20.1. The minimum Gasteiger partial charge on any atom is -0.294 e. The number of benzene rings is 3. The van der Waals surface area contributed by atoms with E-state index in [1.165, 1.54) is 17.2 Å². The molecule has 2 aliphatic heterocycles. The molecule has 6 heteroatoms. The lowest BCUT2D eigenvalue weighted by atomic mass is 9.95. The lowest BCUT2D eigenvalue weighted by Gasteiger charge is -2.17. The topological polar surface area (TPSA) is 78.8 Å². The standard InChI is InChI=1S/C31H25N3O3/c35-25(18-16-22-10-4-1-5-11-22)20-27-28(21-26(36)19-17-23-12-6-2-7-13-23)32-30-29(27)31(37)34(33-30)24-14-8-3-9-15-24/h1-19,30,33H,20-21H2/b18-16+,19-17+/t30-/m0/s1. The molecule has 5 rings (SSSR count). The van der Waals surface area contributed by atoms with Crippen molar-refractivity contribution in [3.05, 3.63) is 125 Å². The van der Waals surface area contributed by atoms with Crippen molar-refractivity contribution in [3.8, 4) is 0 Å². The molecule has 0 unspecified atom stereocenters. The highest BCUT2D eigenvalue weighted by Gasteiger charge is 2.43. The van der Waals surface area contributed by atoms with Gasteiger partial charge < -0.3 is 0 Å². The van der Waals surface area contributed by atoms with Gasteiger partial charge in [0.15, 0.2) is 11.6 Å². The second-order valence-electron chi connectivity index (χ2n) is 8.75. The van der Waals surface area contributed by atoms with E-state index in [1.807, 2.05) is 91.0 Å². The van der Waals surface area contributed by atoms with Crippen LogP contribution in [0.15, 0.2) is 119 Å². The fourth-order valence-electron chi connectivity index (χ4n) is 4.34. The van der Waals surface area contributed by atoms with Crippen LogP contribution >= 0.6 is 0 Å². The Balaban J connectivity index is 1.39. The van der Waals surface area contributed by atoms with Gasteiger partial charge in [-0.25, -0.2) is 5.01 Å². The zero-order chi connectivity index (χ0) is 25.6. The van der Waals surface area contributed by atoms with Crippen LogP contribution in [0.1, 0.15) is 24.0 Å². The maximum Gasteiger partial charge on any atom is 0.272 e. The summed E-state index contributed by atoms with van der Waals surface area (Å²) in [5.74, 6) is -0.588. The summed E-state index contributed by atoms with van der Waals surface area (Å²) in [6.07, 6.45) is 5.88. The van der Waals surface area contributed by atoms with Crippen molar-refractivity contribution in [2.24, 2.45) is 4.99 Å². The number of nitrogens with one attached hydrogen (secondary N) is 1. The van der Waals surface area contributed by atoms with Crippen molar-refractivity contribution in [1.29, 1.82) is 0 Å². The molecule has 2 aliphatic rings. The van der Waals surface area contributed by atoms with E-state index in [9.17, 15) is 14.4 Å². The average Bonchev–Trinajstić information content (AvgIpc) is 3.43. The van der Waals surface area contributed by atoms with Gasteiger partial charge in [-0.2, -0.15) is 5.43 Å². The normalized spacial score (nSPS) is 17.1. The van der Waals surface area contributed by atoms with E-state index in [-0.39, 0.29) is 30.3 Å². The Morgan fingerprint density at radius 1 is 0.757 bits per heavy atom. The van der Waals surface area contributed by atoms with E-state index >= 15 is 0 Å². The fourth-order valence-corrected chi connectivity index (χ4v) is 4.34. The zero-order valence-corrected chi connectivity index (χ0v) is 20.1. The van der Waals surface area contributed by atoms with Gasteiger partial charge in [0.1, 0.15) is 6.17 Å². The summed E-state index contributed by atoms with van der Waals surface area (Å²) >= 11 is 0. The highest BCUT2D eigenvalue weighted by atomic mass is 16.2. The Morgan fingerprint density at radius 2 is 1.27 bits per heavy atom. The van der Waals surface area contributed by atoms with Crippen LogP contribution in [-0.2, 0) is 14.4 Å². The average molecular weight is 488 g/mol. The van der Waals surface area contributed by atoms with Crippen LogP contribution in [0.4, 0.5) is 5.69 Å². The molecule has 1 fully saturated rings. The molecule has 0 radical (unpaired) electrons. The van der Waals surface area contributed by atoms with Crippen molar-refractivity contribution in [2.75, 3.05) is 5.01 Å². The Bertz CT molecular complexity index is 1440. The maximum atomic E-state index is 13.4. The summed E-state index contributed by atoms with van der Waals surface area (Å²) in [7, 11) is 0. The molecule has 0 spiro atoms. The first-order valence-corrected chi connectivity index (χ1v) is 12.1. The highest BCUT2D eigenvalue weighted by molar-refractivity contribution is 6.23. The SMILES string of the molecule is O=C(/C=C/c1ccccc1)CC1=N[C@H]2NN(c3ccccc3)C(=O)C2=C1CC(=O)/C=C/c1ccccc1. The molecule has 2 heterocycles. The summed E-state index contributed by atoms with van der Waals surface area (Å²) in [5.41, 5.74) is 7.03. The molecule has 1 N–H and O–H groups in total. The Morgan fingerprint density at radius 3 is 1.84 bits per heavy atom. The molecule has 6 nitrogen and oxygen atoms in total. The van der Waals surface area contributed by atoms with Crippen molar-refractivity contribution in [1.82, 2.24) is 5.43 Å². The summed E-state index contributed by atoms with van der Waals surface area (Å²) in [6, 6.07) is 28.3. The predicted molar refractivity (Wildman–Crippen MR) is 146 cm³/mol. The number of aliphatic imine (C=N–C) groups is 1. The van der Waals surface area contributed by atoms with Crippen LogP contribution in [0.25, 0.3) is 12.2 Å². The number of amides is 1. The number of rotatable bonds is 9. The van der Waals surface area contributed by atoms with E-state index in [4.69, 9.17) is 0 Å². The number of nitrogens with zero attached hydrogens (tertiary/aromatic N) is 2. The van der Waals surface area contributed by atoms with Crippen LogP contribution in [0, 0.1) is 0 Å². The van der Waals surface area contributed by atoms with Gasteiger partial charge in [0.2, 0.25) is 0 Å². The predicted octanol–water partition coefficient (Wildman–Crippen LogP) is 4.96. The molecule has 0 aromatic heterocycles. The Kier molecular flexibility index (Phi) is 7.10. The Labute approximate surface area is 215 Å². The van der Waals surface area contributed by atoms with Crippen molar-refractivity contribution in [2.45, 2.75) is 19.0 Å². The third-order valence-corrected chi connectivity index (χ3v) is 6.15. The second kappa shape index (κ2) is 10.9. The molecule has 0 aliphatic carbocycles. The first-order valence-electron chi connectivity index (χ1n) is 12.1. The summed E-state index contributed by atoms with van der Waals surface area (Å²) in [4.78, 5) is 43.8. The van der Waals surface area contributed by atoms with Gasteiger partial charge in [0.25, 0.3) is 5.91 Å². The number of hydrogen-bond donors (Lipinski definition) is 1. The number of ketones is 2. The first-order chi connectivity index (χ1) is 18.1. The number of anilines is 1. The molecule has 3 aromatic rings. The number of carbonyl (C=O) groups excluding carboxylic acids is 3. The largest absolute Gasteiger partial charge is 0.294 e. The van der Waals surface area contributed by atoms with Gasteiger partial charge in [-0.1, -0.05) is 91.0 Å². The number of allylic oxidation sites excluding steroid dienone is 3. The van der Waals surface area contributed by atoms with E-state index in [0.717, 1.165) is 11.1 Å². The highest BCUT2D eigenvalue weighted by Crippen LogP contribution is 2.33. The number of hydrogen-bond acceptors (Lipinski definition) is 5. The number of fused-ring (bicyclic) bond motifs is 1. The number of carbonyl (C=O) groups is 3. The molecule has 1 saturated heterocycles. The quantitative estimate of drug-likeness (QED) is 0.433. The van der Waals surface area contributed by atoms with E-state index < -0.39 is 6.17 Å². The first kappa shape index (κ1) is 24.0. The third kappa shape index (κ3) is 5.60. The third-order valence-electron chi connectivity index (χ3n) is 6.15. The van der Waals surface area contributed by atoms with E-state index in [1.54, 1.807) is 12.2 Å². The molecular formula is C31H25N3O3. The Hall–Kier alpha value is -4.68. The van der Waals surface area contributed by atoms with Gasteiger partial charge in [-0.15, -0.1) is 0 Å². The lowest BCUT2D eigenvalue weighted by Crippen LogP contribution is -2.37. The van der Waals surface area contributed by atoms with Gasteiger partial charge in [-0.05, 0) is 41.0 Å². The van der Waals surface area contributed by atoms with E-state index in [2.05, 4.69) is 10.4 Å². The number of para-hydroxylation sites is 1. The molecule has 0 saturated carbocycles.